The lowest BCUT2D eigenvalue weighted by Gasteiger charge is -2.28. The van der Waals surface area contributed by atoms with Gasteiger partial charge in [-0.2, -0.15) is 0 Å². The third-order valence-electron chi connectivity index (χ3n) is 4.93. The van der Waals surface area contributed by atoms with E-state index in [0.717, 1.165) is 11.1 Å². The van der Waals surface area contributed by atoms with Crippen LogP contribution in [0.4, 0.5) is 4.39 Å². The van der Waals surface area contributed by atoms with E-state index in [4.69, 9.17) is 16.3 Å². The highest BCUT2D eigenvalue weighted by molar-refractivity contribution is 6.29. The number of hydrogen-bond donors (Lipinski definition) is 2. The molecule has 1 fully saturated rings. The molecular formula is C21H19ClFN3O3. The van der Waals surface area contributed by atoms with E-state index in [1.807, 2.05) is 6.07 Å². The van der Waals surface area contributed by atoms with Crippen molar-refractivity contribution < 1.29 is 19.0 Å². The average Bonchev–Trinajstić information content (AvgIpc) is 2.72. The van der Waals surface area contributed by atoms with Crippen LogP contribution in [0.25, 0.3) is 10.9 Å². The van der Waals surface area contributed by atoms with E-state index in [1.165, 1.54) is 6.07 Å². The number of carbonyl (C=O) groups excluding carboxylic acids is 1. The van der Waals surface area contributed by atoms with Crippen molar-refractivity contribution in [2.24, 2.45) is 0 Å². The highest BCUT2D eigenvalue weighted by Gasteiger charge is 2.26. The van der Waals surface area contributed by atoms with Gasteiger partial charge >= 0.3 is 0 Å². The van der Waals surface area contributed by atoms with Crippen LogP contribution in [0.15, 0.2) is 42.6 Å². The van der Waals surface area contributed by atoms with Crippen molar-refractivity contribution in [3.05, 3.63) is 70.4 Å². The first-order valence-electron chi connectivity index (χ1n) is 9.26. The van der Waals surface area contributed by atoms with Crippen LogP contribution >= 0.6 is 11.6 Å². The number of aliphatic hydroxyl groups is 1. The van der Waals surface area contributed by atoms with Crippen molar-refractivity contribution in [3.63, 3.8) is 0 Å². The molecule has 2 unspecified atom stereocenters. The number of halogens is 2. The molecule has 0 aliphatic carbocycles. The second-order valence-electron chi connectivity index (χ2n) is 6.98. The molecule has 1 aliphatic heterocycles. The number of pyridine rings is 2. The molecule has 2 atom stereocenters. The first kappa shape index (κ1) is 19.7. The second-order valence-corrected chi connectivity index (χ2v) is 7.37. The third-order valence-corrected chi connectivity index (χ3v) is 5.16. The summed E-state index contributed by atoms with van der Waals surface area (Å²) in [5.41, 5.74) is 1.84. The lowest BCUT2D eigenvalue weighted by molar-refractivity contribution is -0.0261. The Balaban J connectivity index is 1.69. The summed E-state index contributed by atoms with van der Waals surface area (Å²) in [6.45, 7) is 0.621. The fraction of sp³-hybridized carbons (Fsp3) is 0.286. The molecule has 6 nitrogen and oxygen atoms in total. The van der Waals surface area contributed by atoms with Crippen molar-refractivity contribution in [1.82, 2.24) is 15.3 Å². The molecule has 3 aromatic rings. The van der Waals surface area contributed by atoms with Gasteiger partial charge in [0.05, 0.1) is 18.8 Å². The number of fused-ring (bicyclic) bond motifs is 1. The fourth-order valence-electron chi connectivity index (χ4n) is 3.41. The number of benzene rings is 1. The van der Waals surface area contributed by atoms with Crippen LogP contribution in [-0.2, 0) is 11.2 Å². The number of hydrogen-bond acceptors (Lipinski definition) is 5. The molecule has 4 rings (SSSR count). The number of nitrogens with zero attached hydrogens (tertiary/aromatic N) is 2. The predicted octanol–water partition coefficient (Wildman–Crippen LogP) is 2.89. The van der Waals surface area contributed by atoms with Gasteiger partial charge in [-0.3, -0.25) is 4.79 Å². The molecule has 1 aromatic carbocycles. The van der Waals surface area contributed by atoms with Crippen molar-refractivity contribution in [2.45, 2.75) is 25.0 Å². The Hall–Kier alpha value is -2.61. The quantitative estimate of drug-likeness (QED) is 0.640. The standard InChI is InChI=1S/C21H19ClFN3O3/c22-19-5-4-12(10-24-19)8-13-9-17(25-20-14(13)2-1-3-15(20)23)21(28)26-16-6-7-29-11-18(16)27/h1-5,9-10,16,18,27H,6-8,11H2,(H,26,28). The Kier molecular flexibility index (Phi) is 5.71. The highest BCUT2D eigenvalue weighted by Crippen LogP contribution is 2.24. The summed E-state index contributed by atoms with van der Waals surface area (Å²) in [4.78, 5) is 21.1. The topological polar surface area (TPSA) is 84.3 Å². The zero-order valence-electron chi connectivity index (χ0n) is 15.4. The summed E-state index contributed by atoms with van der Waals surface area (Å²) in [5, 5.41) is 13.8. The monoisotopic (exact) mass is 415 g/mol. The summed E-state index contributed by atoms with van der Waals surface area (Å²) in [6.07, 6.45) is 1.79. The molecule has 1 saturated heterocycles. The largest absolute Gasteiger partial charge is 0.389 e. The van der Waals surface area contributed by atoms with Crippen LogP contribution in [0.2, 0.25) is 5.15 Å². The molecule has 0 radical (unpaired) electrons. The number of aromatic nitrogens is 2. The maximum atomic E-state index is 14.4. The van der Waals surface area contributed by atoms with Crippen LogP contribution in [0.5, 0.6) is 0 Å². The van der Waals surface area contributed by atoms with Crippen LogP contribution < -0.4 is 5.32 Å². The van der Waals surface area contributed by atoms with Gasteiger partial charge in [-0.1, -0.05) is 29.8 Å². The van der Waals surface area contributed by atoms with Gasteiger partial charge in [0.2, 0.25) is 0 Å². The van der Waals surface area contributed by atoms with Gasteiger partial charge < -0.3 is 15.2 Å². The van der Waals surface area contributed by atoms with E-state index in [9.17, 15) is 14.3 Å². The number of ether oxygens (including phenoxy) is 1. The van der Waals surface area contributed by atoms with Crippen molar-refractivity contribution in [3.8, 4) is 0 Å². The molecule has 2 N–H and O–H groups in total. The second kappa shape index (κ2) is 8.41. The van der Waals surface area contributed by atoms with Gasteiger partial charge in [-0.15, -0.1) is 0 Å². The minimum absolute atomic E-state index is 0.0956. The molecule has 0 spiro atoms. The van der Waals surface area contributed by atoms with Gasteiger partial charge in [0.15, 0.2) is 0 Å². The minimum atomic E-state index is -0.787. The van der Waals surface area contributed by atoms with Gasteiger partial charge in [0, 0.05) is 18.2 Å². The number of amides is 1. The first-order chi connectivity index (χ1) is 14.0. The summed E-state index contributed by atoms with van der Waals surface area (Å²) < 4.78 is 19.6. The van der Waals surface area contributed by atoms with Gasteiger partial charge in [-0.25, -0.2) is 14.4 Å². The van der Waals surface area contributed by atoms with Crippen LogP contribution in [-0.4, -0.2) is 46.3 Å². The van der Waals surface area contributed by atoms with Gasteiger partial charge in [0.1, 0.15) is 22.2 Å². The molecule has 0 saturated carbocycles. The van der Waals surface area contributed by atoms with E-state index in [0.29, 0.717) is 30.0 Å². The SMILES string of the molecule is O=C(NC1CCOCC1O)c1cc(Cc2ccc(Cl)nc2)c2cccc(F)c2n1. The molecule has 3 heterocycles. The molecule has 2 aromatic heterocycles. The Morgan fingerprint density at radius 3 is 2.97 bits per heavy atom. The van der Waals surface area contributed by atoms with E-state index in [2.05, 4.69) is 15.3 Å². The van der Waals surface area contributed by atoms with Gasteiger partial charge in [0.25, 0.3) is 5.91 Å². The molecular weight excluding hydrogens is 397 g/mol. The van der Waals surface area contributed by atoms with Gasteiger partial charge in [-0.05, 0) is 42.2 Å². The third kappa shape index (κ3) is 4.37. The molecule has 29 heavy (non-hydrogen) atoms. The highest BCUT2D eigenvalue weighted by atomic mass is 35.5. The number of aliphatic hydroxyl groups excluding tert-OH is 1. The maximum Gasteiger partial charge on any atom is 0.270 e. The minimum Gasteiger partial charge on any atom is -0.389 e. The zero-order chi connectivity index (χ0) is 20.4. The summed E-state index contributed by atoms with van der Waals surface area (Å²) in [5.74, 6) is -0.963. The molecule has 1 amide bonds. The maximum absolute atomic E-state index is 14.4. The Labute approximate surface area is 171 Å². The number of carbonyl (C=O) groups is 1. The van der Waals surface area contributed by atoms with Crippen LogP contribution in [0.1, 0.15) is 28.0 Å². The van der Waals surface area contributed by atoms with Crippen molar-refractivity contribution in [1.29, 1.82) is 0 Å². The Bertz CT molecular complexity index is 1050. The number of nitrogens with one attached hydrogen (secondary N) is 1. The number of rotatable bonds is 4. The summed E-state index contributed by atoms with van der Waals surface area (Å²) in [7, 11) is 0. The predicted molar refractivity (Wildman–Crippen MR) is 106 cm³/mol. The zero-order valence-corrected chi connectivity index (χ0v) is 16.2. The summed E-state index contributed by atoms with van der Waals surface area (Å²) >= 11 is 5.85. The Morgan fingerprint density at radius 2 is 2.21 bits per heavy atom. The smallest absolute Gasteiger partial charge is 0.270 e. The molecule has 0 bridgehead atoms. The normalized spacial score (nSPS) is 19.3. The van der Waals surface area contributed by atoms with E-state index in [-0.39, 0.29) is 17.8 Å². The molecule has 8 heteroatoms. The average molecular weight is 416 g/mol. The van der Waals surface area contributed by atoms with Crippen molar-refractivity contribution in [2.75, 3.05) is 13.2 Å². The lowest BCUT2D eigenvalue weighted by atomic mass is 10.0. The lowest BCUT2D eigenvalue weighted by Crippen LogP contribution is -2.48. The van der Waals surface area contributed by atoms with E-state index >= 15 is 0 Å². The van der Waals surface area contributed by atoms with E-state index < -0.39 is 23.9 Å². The molecule has 1 aliphatic rings. The molecule has 150 valence electrons. The number of para-hydroxylation sites is 1. The fourth-order valence-corrected chi connectivity index (χ4v) is 3.52. The van der Waals surface area contributed by atoms with Crippen LogP contribution in [0, 0.1) is 5.82 Å². The first-order valence-corrected chi connectivity index (χ1v) is 9.64. The Morgan fingerprint density at radius 1 is 1.34 bits per heavy atom. The van der Waals surface area contributed by atoms with Crippen molar-refractivity contribution >= 4 is 28.4 Å². The summed E-state index contributed by atoms with van der Waals surface area (Å²) in [6, 6.07) is 9.43. The van der Waals surface area contributed by atoms with Crippen LogP contribution in [0.3, 0.4) is 0 Å². The van der Waals surface area contributed by atoms with E-state index in [1.54, 1.807) is 30.5 Å².